The van der Waals surface area contributed by atoms with Crippen LogP contribution in [0.25, 0.3) is 0 Å². The fourth-order valence-corrected chi connectivity index (χ4v) is 4.35. The Morgan fingerprint density at radius 2 is 2.07 bits per heavy atom. The van der Waals surface area contributed by atoms with E-state index in [1.165, 1.54) is 0 Å². The average Bonchev–Trinajstić information content (AvgIpc) is 2.99. The smallest absolute Gasteiger partial charge is 0.255 e. The van der Waals surface area contributed by atoms with Crippen LogP contribution in [0.15, 0.2) is 18.2 Å². The predicted octanol–water partition coefficient (Wildman–Crippen LogP) is -0.396. The van der Waals surface area contributed by atoms with E-state index in [-0.39, 0.29) is 36.8 Å². The molecular weight excluding hydrogens is 360 g/mol. The number of aliphatic hydroxyl groups is 1. The van der Waals surface area contributed by atoms with Gasteiger partial charge in [-0.2, -0.15) is 0 Å². The van der Waals surface area contributed by atoms with E-state index in [0.29, 0.717) is 18.5 Å². The Labute approximate surface area is 163 Å². The minimum atomic E-state index is -0.576. The molecule has 0 spiro atoms. The van der Waals surface area contributed by atoms with Gasteiger partial charge in [0.15, 0.2) is 0 Å². The molecule has 2 saturated heterocycles. The summed E-state index contributed by atoms with van der Waals surface area (Å²) in [5, 5.41) is 14.9. The zero-order valence-corrected chi connectivity index (χ0v) is 15.8. The maximum atomic E-state index is 12.9. The lowest BCUT2D eigenvalue weighted by Gasteiger charge is -2.33. The Morgan fingerprint density at radius 3 is 2.86 bits per heavy atom. The van der Waals surface area contributed by atoms with Gasteiger partial charge in [0.1, 0.15) is 6.04 Å². The number of fused-ring (bicyclic) bond motifs is 1. The van der Waals surface area contributed by atoms with Gasteiger partial charge < -0.3 is 15.3 Å². The highest BCUT2D eigenvalue weighted by Crippen LogP contribution is 2.28. The molecule has 2 unspecified atom stereocenters. The Kier molecular flexibility index (Phi) is 5.43. The molecule has 8 heteroatoms. The standard InChI is InChI=1S/C20H26N4O4/c25-8-5-15-12-23(7-6-21-15)10-13-1-2-14-11-24(20(28)16(14)9-13)17-3-4-18(26)22-19(17)27/h1-2,9,15,17,21,25H,3-8,10-12H2,(H,22,26,27). The number of nitrogens with zero attached hydrogens (tertiary/aromatic N) is 2. The van der Waals surface area contributed by atoms with E-state index in [1.54, 1.807) is 4.90 Å². The van der Waals surface area contributed by atoms with E-state index in [1.807, 2.05) is 18.2 Å². The van der Waals surface area contributed by atoms with Gasteiger partial charge in [-0.3, -0.25) is 24.6 Å². The molecule has 1 aromatic rings. The highest BCUT2D eigenvalue weighted by atomic mass is 16.3. The van der Waals surface area contributed by atoms with Gasteiger partial charge in [-0.05, 0) is 30.0 Å². The van der Waals surface area contributed by atoms with Gasteiger partial charge in [-0.15, -0.1) is 0 Å². The van der Waals surface area contributed by atoms with Crippen molar-refractivity contribution in [3.05, 3.63) is 34.9 Å². The molecule has 3 aliphatic rings. The van der Waals surface area contributed by atoms with E-state index in [9.17, 15) is 14.4 Å². The number of rotatable bonds is 5. The van der Waals surface area contributed by atoms with Crippen LogP contribution >= 0.6 is 0 Å². The van der Waals surface area contributed by atoms with Crippen LogP contribution in [0, 0.1) is 0 Å². The van der Waals surface area contributed by atoms with Crippen molar-refractivity contribution in [3.63, 3.8) is 0 Å². The van der Waals surface area contributed by atoms with Crippen molar-refractivity contribution in [3.8, 4) is 0 Å². The van der Waals surface area contributed by atoms with Crippen LogP contribution in [0.1, 0.15) is 40.7 Å². The predicted molar refractivity (Wildman–Crippen MR) is 101 cm³/mol. The normalized spacial score (nSPS) is 25.8. The third-order valence-corrected chi connectivity index (χ3v) is 5.82. The summed E-state index contributed by atoms with van der Waals surface area (Å²) in [5.74, 6) is -0.790. The summed E-state index contributed by atoms with van der Waals surface area (Å²) in [4.78, 5) is 40.3. The molecule has 2 atom stereocenters. The van der Waals surface area contributed by atoms with Gasteiger partial charge >= 0.3 is 0 Å². The van der Waals surface area contributed by atoms with E-state index >= 15 is 0 Å². The summed E-state index contributed by atoms with van der Waals surface area (Å²) in [6.45, 7) is 4.02. The van der Waals surface area contributed by atoms with Crippen molar-refractivity contribution in [2.45, 2.75) is 44.4 Å². The molecule has 0 aromatic heterocycles. The fraction of sp³-hybridized carbons (Fsp3) is 0.550. The number of carbonyl (C=O) groups is 3. The second-order valence-corrected chi connectivity index (χ2v) is 7.79. The molecule has 0 radical (unpaired) electrons. The number of nitrogens with one attached hydrogen (secondary N) is 2. The highest BCUT2D eigenvalue weighted by Gasteiger charge is 2.39. The van der Waals surface area contributed by atoms with Crippen LogP contribution in [-0.4, -0.2) is 71.0 Å². The molecule has 150 valence electrons. The van der Waals surface area contributed by atoms with Crippen LogP contribution in [0.3, 0.4) is 0 Å². The number of aliphatic hydroxyl groups excluding tert-OH is 1. The zero-order chi connectivity index (χ0) is 19.7. The molecule has 2 fully saturated rings. The number of imide groups is 1. The van der Waals surface area contributed by atoms with Gasteiger partial charge in [-0.1, -0.05) is 12.1 Å². The van der Waals surface area contributed by atoms with Crippen LogP contribution in [-0.2, 0) is 22.7 Å². The minimum Gasteiger partial charge on any atom is -0.396 e. The van der Waals surface area contributed by atoms with Crippen molar-refractivity contribution in [1.29, 1.82) is 0 Å². The van der Waals surface area contributed by atoms with Gasteiger partial charge in [-0.25, -0.2) is 0 Å². The fourth-order valence-electron chi connectivity index (χ4n) is 4.35. The molecule has 3 heterocycles. The zero-order valence-electron chi connectivity index (χ0n) is 15.8. The summed E-state index contributed by atoms with van der Waals surface area (Å²) in [5.41, 5.74) is 2.66. The molecular formula is C20H26N4O4. The first-order valence-electron chi connectivity index (χ1n) is 9.88. The van der Waals surface area contributed by atoms with Crippen molar-refractivity contribution < 1.29 is 19.5 Å². The number of amides is 3. The largest absolute Gasteiger partial charge is 0.396 e. The Bertz CT molecular complexity index is 794. The summed E-state index contributed by atoms with van der Waals surface area (Å²) >= 11 is 0. The van der Waals surface area contributed by atoms with E-state index in [0.717, 1.165) is 43.7 Å². The lowest BCUT2D eigenvalue weighted by Crippen LogP contribution is -2.52. The first-order chi connectivity index (χ1) is 13.5. The molecule has 28 heavy (non-hydrogen) atoms. The first-order valence-corrected chi connectivity index (χ1v) is 9.88. The molecule has 0 bridgehead atoms. The number of piperazine rings is 1. The summed E-state index contributed by atoms with van der Waals surface area (Å²) in [6.07, 6.45) is 1.38. The summed E-state index contributed by atoms with van der Waals surface area (Å²) in [7, 11) is 0. The third kappa shape index (κ3) is 3.80. The molecule has 0 saturated carbocycles. The molecule has 3 amide bonds. The quantitative estimate of drug-likeness (QED) is 0.596. The van der Waals surface area contributed by atoms with E-state index in [2.05, 4.69) is 15.5 Å². The molecule has 3 aliphatic heterocycles. The topological polar surface area (TPSA) is 102 Å². The number of benzene rings is 1. The van der Waals surface area contributed by atoms with Gasteiger partial charge in [0.2, 0.25) is 11.8 Å². The monoisotopic (exact) mass is 386 g/mol. The number of carbonyl (C=O) groups excluding carboxylic acids is 3. The van der Waals surface area contributed by atoms with Gasteiger partial charge in [0.05, 0.1) is 0 Å². The molecule has 3 N–H and O–H groups in total. The Morgan fingerprint density at radius 1 is 1.21 bits per heavy atom. The number of hydrogen-bond acceptors (Lipinski definition) is 6. The van der Waals surface area contributed by atoms with Crippen LogP contribution in [0.5, 0.6) is 0 Å². The second kappa shape index (κ2) is 7.98. The van der Waals surface area contributed by atoms with E-state index in [4.69, 9.17) is 5.11 Å². The Hall–Kier alpha value is -2.29. The van der Waals surface area contributed by atoms with Crippen LogP contribution in [0.2, 0.25) is 0 Å². The number of piperidine rings is 1. The van der Waals surface area contributed by atoms with Crippen molar-refractivity contribution in [2.24, 2.45) is 0 Å². The van der Waals surface area contributed by atoms with Gasteiger partial charge in [0.25, 0.3) is 5.91 Å². The van der Waals surface area contributed by atoms with Crippen molar-refractivity contribution >= 4 is 17.7 Å². The van der Waals surface area contributed by atoms with Gasteiger partial charge in [0, 0.05) is 57.4 Å². The maximum absolute atomic E-state index is 12.9. The van der Waals surface area contributed by atoms with Crippen molar-refractivity contribution in [1.82, 2.24) is 20.4 Å². The van der Waals surface area contributed by atoms with E-state index < -0.39 is 6.04 Å². The highest BCUT2D eigenvalue weighted by molar-refractivity contribution is 6.05. The average molecular weight is 386 g/mol. The third-order valence-electron chi connectivity index (χ3n) is 5.82. The van der Waals surface area contributed by atoms with Crippen LogP contribution in [0.4, 0.5) is 0 Å². The van der Waals surface area contributed by atoms with Crippen molar-refractivity contribution in [2.75, 3.05) is 26.2 Å². The lowest BCUT2D eigenvalue weighted by molar-refractivity contribution is -0.136. The molecule has 0 aliphatic carbocycles. The number of hydrogen-bond donors (Lipinski definition) is 3. The Balaban J connectivity index is 1.44. The molecule has 1 aromatic carbocycles. The maximum Gasteiger partial charge on any atom is 0.255 e. The second-order valence-electron chi connectivity index (χ2n) is 7.79. The molecule has 4 rings (SSSR count). The molecule has 8 nitrogen and oxygen atoms in total. The summed E-state index contributed by atoms with van der Waals surface area (Å²) < 4.78 is 0. The minimum absolute atomic E-state index is 0.134. The van der Waals surface area contributed by atoms with Crippen LogP contribution < -0.4 is 10.6 Å². The summed E-state index contributed by atoms with van der Waals surface area (Å²) in [6, 6.07) is 5.67. The lowest BCUT2D eigenvalue weighted by atomic mass is 10.0. The first kappa shape index (κ1) is 19.0. The SMILES string of the molecule is O=C1CCC(N2Cc3ccc(CN4CCNC(CCO)C4)cc3C2=O)C(=O)N1.